The topological polar surface area (TPSA) is 108 Å². The number of carbonyl (C=O) groups excluding carboxylic acids is 1. The Hall–Kier alpha value is -3.84. The number of anilines is 3. The van der Waals surface area contributed by atoms with Crippen LogP contribution in [0.3, 0.4) is 0 Å². The normalized spacial score (nSPS) is 14.5. The highest BCUT2D eigenvalue weighted by atomic mass is 32.2. The molecule has 1 saturated heterocycles. The zero-order chi connectivity index (χ0) is 29.0. The molecule has 0 atom stereocenters. The van der Waals surface area contributed by atoms with Gasteiger partial charge in [0.2, 0.25) is 0 Å². The fourth-order valence-corrected chi connectivity index (χ4v) is 5.78. The lowest BCUT2D eigenvalue weighted by Gasteiger charge is -2.32. The number of hydrogen-bond acceptors (Lipinski definition) is 10. The third-order valence-electron chi connectivity index (χ3n) is 6.78. The average Bonchev–Trinajstić information content (AvgIpc) is 3.45. The largest absolute Gasteiger partial charge is 0.382 e. The number of nitrogens with zero attached hydrogens (tertiary/aromatic N) is 5. The molecule has 0 spiro atoms. The average molecular weight is 593 g/mol. The lowest BCUT2D eigenvalue weighted by Crippen LogP contribution is -2.43. The molecule has 214 valence electrons. The van der Waals surface area contributed by atoms with Crippen LogP contribution in [-0.4, -0.2) is 80.6 Å². The van der Waals surface area contributed by atoms with Crippen molar-refractivity contribution in [3.8, 4) is 17.0 Å². The van der Waals surface area contributed by atoms with Gasteiger partial charge in [-0.25, -0.2) is 4.98 Å². The molecule has 1 aliphatic heterocycles. The predicted molar refractivity (Wildman–Crippen MR) is 162 cm³/mol. The van der Waals surface area contributed by atoms with E-state index in [1.807, 2.05) is 47.7 Å². The van der Waals surface area contributed by atoms with Crippen LogP contribution in [0.2, 0.25) is 0 Å². The summed E-state index contributed by atoms with van der Waals surface area (Å²) in [6.07, 6.45) is 4.48. The molecule has 2 aromatic heterocycles. The Morgan fingerprint density at radius 1 is 1.10 bits per heavy atom. The zero-order valence-corrected chi connectivity index (χ0v) is 24.8. The van der Waals surface area contributed by atoms with Gasteiger partial charge in [-0.05, 0) is 61.1 Å². The highest BCUT2D eigenvalue weighted by molar-refractivity contribution is 7.86. The summed E-state index contributed by atoms with van der Waals surface area (Å²) in [6.45, 7) is 4.42. The Morgan fingerprint density at radius 3 is 2.54 bits per heavy atom. The summed E-state index contributed by atoms with van der Waals surface area (Å²) >= 11 is 1.53. The second-order valence-electron chi connectivity index (χ2n) is 10.0. The maximum Gasteiger partial charge on any atom is 0.306 e. The van der Waals surface area contributed by atoms with E-state index in [9.17, 15) is 13.2 Å². The highest BCUT2D eigenvalue weighted by Crippen LogP contribution is 2.31. The molecule has 0 unspecified atom stereocenters. The number of rotatable bonds is 9. The Kier molecular flexibility index (Phi) is 8.64. The summed E-state index contributed by atoms with van der Waals surface area (Å²) in [5.41, 5.74) is 4.29. The first-order chi connectivity index (χ1) is 19.6. The molecule has 4 aromatic rings. The van der Waals surface area contributed by atoms with Gasteiger partial charge in [-0.3, -0.25) is 14.7 Å². The third-order valence-corrected chi connectivity index (χ3v) is 8.18. The number of nitrogens with one attached hydrogen (secondary N) is 1. The van der Waals surface area contributed by atoms with Crippen molar-refractivity contribution in [3.63, 3.8) is 0 Å². The molecular weight excluding hydrogens is 560 g/mol. The summed E-state index contributed by atoms with van der Waals surface area (Å²) in [4.78, 5) is 28.6. The molecule has 3 heterocycles. The van der Waals surface area contributed by atoms with Gasteiger partial charge in [0.1, 0.15) is 0 Å². The van der Waals surface area contributed by atoms with Crippen LogP contribution in [0.25, 0.3) is 11.3 Å². The third kappa shape index (κ3) is 7.47. The van der Waals surface area contributed by atoms with Crippen molar-refractivity contribution in [2.24, 2.45) is 0 Å². The van der Waals surface area contributed by atoms with Crippen LogP contribution in [0.4, 0.5) is 16.5 Å². The Bertz CT molecular complexity index is 1600. The minimum absolute atomic E-state index is 0.0150. The van der Waals surface area contributed by atoms with E-state index < -0.39 is 16.0 Å². The van der Waals surface area contributed by atoms with Crippen LogP contribution in [0.5, 0.6) is 5.75 Å². The second kappa shape index (κ2) is 12.4. The van der Waals surface area contributed by atoms with E-state index in [4.69, 9.17) is 9.17 Å². The van der Waals surface area contributed by atoms with Crippen molar-refractivity contribution in [3.05, 3.63) is 83.5 Å². The first-order valence-corrected chi connectivity index (χ1v) is 15.8. The second-order valence-corrected chi connectivity index (χ2v) is 12.4. The molecule has 1 aliphatic rings. The van der Waals surface area contributed by atoms with E-state index in [0.717, 1.165) is 60.1 Å². The number of carbonyl (C=O) groups is 1. The monoisotopic (exact) mass is 592 g/mol. The maximum atomic E-state index is 13.2. The smallest absolute Gasteiger partial charge is 0.306 e. The summed E-state index contributed by atoms with van der Waals surface area (Å²) in [7, 11) is 0.186. The fraction of sp³-hybridized carbons (Fsp3) is 0.276. The highest BCUT2D eigenvalue weighted by Gasteiger charge is 2.20. The van der Waals surface area contributed by atoms with Gasteiger partial charge < -0.3 is 19.3 Å². The van der Waals surface area contributed by atoms with Crippen LogP contribution in [0.15, 0.2) is 72.4 Å². The van der Waals surface area contributed by atoms with Crippen molar-refractivity contribution in [2.75, 3.05) is 56.7 Å². The van der Waals surface area contributed by atoms with Crippen molar-refractivity contribution in [1.82, 2.24) is 19.8 Å². The molecule has 0 bridgehead atoms. The lowest BCUT2D eigenvalue weighted by molar-refractivity contribution is 0.102. The molecule has 1 amide bonds. The minimum atomic E-state index is -3.84. The SMILES string of the molecule is CN1CCN(Cc2ccc(C(=O)Nc3ccc(N(C)c4nc(-c5cccnc5)cs4)cc3)c(OS(C)(=O)=O)c2)CC1. The zero-order valence-electron chi connectivity index (χ0n) is 23.1. The van der Waals surface area contributed by atoms with Crippen LogP contribution in [0.1, 0.15) is 15.9 Å². The van der Waals surface area contributed by atoms with E-state index in [0.29, 0.717) is 12.2 Å². The molecule has 1 fully saturated rings. The number of aromatic nitrogens is 2. The van der Waals surface area contributed by atoms with Crippen molar-refractivity contribution < 1.29 is 17.4 Å². The Balaban J connectivity index is 1.28. The first kappa shape index (κ1) is 28.7. The van der Waals surface area contributed by atoms with Crippen molar-refractivity contribution in [2.45, 2.75) is 6.54 Å². The van der Waals surface area contributed by atoms with Crippen LogP contribution >= 0.6 is 11.3 Å². The van der Waals surface area contributed by atoms with Gasteiger partial charge in [0, 0.05) is 74.5 Å². The van der Waals surface area contributed by atoms with E-state index >= 15 is 0 Å². The molecule has 1 N–H and O–H groups in total. The quantitative estimate of drug-likeness (QED) is 0.285. The molecule has 0 aliphatic carbocycles. The van der Waals surface area contributed by atoms with Crippen LogP contribution in [-0.2, 0) is 16.7 Å². The summed E-state index contributed by atoms with van der Waals surface area (Å²) in [5.74, 6) is -0.446. The van der Waals surface area contributed by atoms with Gasteiger partial charge in [0.05, 0.1) is 17.5 Å². The molecule has 10 nitrogen and oxygen atoms in total. The van der Waals surface area contributed by atoms with Gasteiger partial charge in [0.25, 0.3) is 5.91 Å². The summed E-state index contributed by atoms with van der Waals surface area (Å²) in [6, 6.07) is 16.3. The van der Waals surface area contributed by atoms with E-state index in [1.165, 1.54) is 11.3 Å². The standard InChI is InChI=1S/C29H32N6O4S2/c1-33-13-15-35(16-14-33)19-21-6-11-25(27(17-21)39-41(3,37)38)28(36)31-23-7-9-24(10-8-23)34(2)29-32-26(20-40-29)22-5-4-12-30-18-22/h4-12,17-18,20H,13-16,19H2,1-3H3,(H,31,36). The first-order valence-electron chi connectivity index (χ1n) is 13.1. The number of benzene rings is 2. The Labute approximate surface area is 244 Å². The number of likely N-dealkylation sites (N-methyl/N-ethyl adjacent to an activating group) is 1. The molecule has 12 heteroatoms. The van der Waals surface area contributed by atoms with Gasteiger partial charge in [-0.1, -0.05) is 6.07 Å². The van der Waals surface area contributed by atoms with Crippen LogP contribution in [0, 0.1) is 0 Å². The van der Waals surface area contributed by atoms with Gasteiger partial charge in [0.15, 0.2) is 10.9 Å². The predicted octanol–water partition coefficient (Wildman–Crippen LogP) is 4.31. The Morgan fingerprint density at radius 2 is 1.85 bits per heavy atom. The molecule has 41 heavy (non-hydrogen) atoms. The number of pyridine rings is 1. The number of piperazine rings is 1. The molecule has 0 radical (unpaired) electrons. The molecule has 0 saturated carbocycles. The maximum absolute atomic E-state index is 13.2. The van der Waals surface area contributed by atoms with Gasteiger partial charge >= 0.3 is 10.1 Å². The van der Waals surface area contributed by atoms with Crippen molar-refractivity contribution >= 4 is 43.9 Å². The van der Waals surface area contributed by atoms with E-state index in [-0.39, 0.29) is 11.3 Å². The summed E-state index contributed by atoms with van der Waals surface area (Å²) in [5, 5.41) is 5.66. The number of thiazole rings is 1. The summed E-state index contributed by atoms with van der Waals surface area (Å²) < 4.78 is 29.2. The minimum Gasteiger partial charge on any atom is -0.382 e. The van der Waals surface area contributed by atoms with Gasteiger partial charge in [-0.2, -0.15) is 8.42 Å². The molecule has 2 aromatic carbocycles. The molecular formula is C29H32N6O4S2. The molecule has 5 rings (SSSR count). The van der Waals surface area contributed by atoms with E-state index in [1.54, 1.807) is 36.7 Å². The van der Waals surface area contributed by atoms with Crippen molar-refractivity contribution in [1.29, 1.82) is 0 Å². The fourth-order valence-electron chi connectivity index (χ4n) is 4.49. The van der Waals surface area contributed by atoms with Gasteiger partial charge in [-0.15, -0.1) is 11.3 Å². The number of hydrogen-bond donors (Lipinski definition) is 1. The van der Waals surface area contributed by atoms with E-state index in [2.05, 4.69) is 27.1 Å². The lowest BCUT2D eigenvalue weighted by atomic mass is 10.1. The number of amides is 1. The van der Waals surface area contributed by atoms with Crippen LogP contribution < -0.4 is 14.4 Å².